The smallest absolute Gasteiger partial charge is 0.248 e. The fraction of sp³-hybridized carbons (Fsp3) is 0.167. The lowest BCUT2D eigenvalue weighted by molar-refractivity contribution is -0.111. The van der Waals surface area contributed by atoms with Crippen LogP contribution in [0, 0.1) is 0 Å². The van der Waals surface area contributed by atoms with E-state index in [1.54, 1.807) is 31.4 Å². The summed E-state index contributed by atoms with van der Waals surface area (Å²) in [5, 5.41) is 2.80. The van der Waals surface area contributed by atoms with Crippen molar-refractivity contribution in [2.24, 2.45) is 0 Å². The van der Waals surface area contributed by atoms with Crippen LogP contribution >= 0.6 is 0 Å². The van der Waals surface area contributed by atoms with Crippen molar-refractivity contribution < 1.29 is 14.3 Å². The van der Waals surface area contributed by atoms with Crippen molar-refractivity contribution in [1.82, 2.24) is 0 Å². The third-order valence-electron chi connectivity index (χ3n) is 3.13. The van der Waals surface area contributed by atoms with Crippen molar-refractivity contribution in [2.45, 2.75) is 6.92 Å². The molecule has 2 aromatic carbocycles. The van der Waals surface area contributed by atoms with E-state index >= 15 is 0 Å². The van der Waals surface area contributed by atoms with Gasteiger partial charge in [-0.3, -0.25) is 4.79 Å². The van der Waals surface area contributed by atoms with Gasteiger partial charge in [-0.2, -0.15) is 0 Å². The molecule has 0 unspecified atom stereocenters. The molecule has 0 aromatic heterocycles. The highest BCUT2D eigenvalue weighted by atomic mass is 16.5. The first-order valence-corrected chi connectivity index (χ1v) is 7.28. The summed E-state index contributed by atoms with van der Waals surface area (Å²) in [5.41, 5.74) is 7.82. The quantitative estimate of drug-likeness (QED) is 0.634. The molecule has 0 aliphatic rings. The van der Waals surface area contributed by atoms with Crippen LogP contribution in [0.25, 0.3) is 6.08 Å². The van der Waals surface area contributed by atoms with Gasteiger partial charge in [-0.15, -0.1) is 0 Å². The Balaban J connectivity index is 2.06. The van der Waals surface area contributed by atoms with Gasteiger partial charge in [0.25, 0.3) is 0 Å². The number of ether oxygens (including phenoxy) is 2. The molecule has 120 valence electrons. The van der Waals surface area contributed by atoms with E-state index in [1.807, 2.05) is 31.2 Å². The molecule has 3 N–H and O–H groups in total. The Labute approximate surface area is 135 Å². The summed E-state index contributed by atoms with van der Waals surface area (Å²) in [6, 6.07) is 12.6. The number of methoxy groups -OCH3 is 1. The summed E-state index contributed by atoms with van der Waals surface area (Å²) < 4.78 is 10.6. The lowest BCUT2D eigenvalue weighted by Crippen LogP contribution is -2.09. The highest BCUT2D eigenvalue weighted by Crippen LogP contribution is 2.24. The van der Waals surface area contributed by atoms with Gasteiger partial charge >= 0.3 is 0 Å². The largest absolute Gasteiger partial charge is 0.495 e. The Hall–Kier alpha value is -2.95. The van der Waals surface area contributed by atoms with Crippen molar-refractivity contribution in [3.8, 4) is 11.5 Å². The Morgan fingerprint density at radius 2 is 2.00 bits per heavy atom. The molecule has 1 amide bonds. The molecule has 0 heterocycles. The van der Waals surface area contributed by atoms with E-state index in [0.29, 0.717) is 29.5 Å². The monoisotopic (exact) mass is 312 g/mol. The van der Waals surface area contributed by atoms with Crippen LogP contribution in [0.4, 0.5) is 11.4 Å². The maximum absolute atomic E-state index is 12.0. The first-order valence-electron chi connectivity index (χ1n) is 7.28. The van der Waals surface area contributed by atoms with E-state index in [1.165, 1.54) is 6.08 Å². The van der Waals surface area contributed by atoms with Gasteiger partial charge in [-0.05, 0) is 42.8 Å². The number of hydrogen-bond acceptors (Lipinski definition) is 4. The minimum Gasteiger partial charge on any atom is -0.495 e. The predicted octanol–water partition coefficient (Wildman–Crippen LogP) is 3.33. The topological polar surface area (TPSA) is 73.6 Å². The minimum absolute atomic E-state index is 0.244. The van der Waals surface area contributed by atoms with E-state index in [-0.39, 0.29) is 5.91 Å². The SMILES string of the molecule is CCOc1ccccc1NC(=O)/C=C/c1ccc(OC)c(N)c1. The second-order valence-corrected chi connectivity index (χ2v) is 4.75. The lowest BCUT2D eigenvalue weighted by atomic mass is 10.1. The maximum Gasteiger partial charge on any atom is 0.248 e. The normalized spacial score (nSPS) is 10.5. The summed E-state index contributed by atoms with van der Waals surface area (Å²) in [5.74, 6) is 1.01. The molecule has 0 spiro atoms. The Bertz CT molecular complexity index is 711. The fourth-order valence-corrected chi connectivity index (χ4v) is 2.05. The van der Waals surface area contributed by atoms with Crippen LogP contribution in [-0.2, 0) is 4.79 Å². The molecule has 0 atom stereocenters. The number of carbonyl (C=O) groups is 1. The molecule has 23 heavy (non-hydrogen) atoms. The van der Waals surface area contributed by atoms with Crippen molar-refractivity contribution in [3.63, 3.8) is 0 Å². The van der Waals surface area contributed by atoms with Gasteiger partial charge in [0.1, 0.15) is 11.5 Å². The zero-order chi connectivity index (χ0) is 16.7. The molecule has 2 rings (SSSR count). The van der Waals surface area contributed by atoms with Gasteiger partial charge in [0.05, 0.1) is 25.1 Å². The van der Waals surface area contributed by atoms with Crippen molar-refractivity contribution in [3.05, 3.63) is 54.1 Å². The van der Waals surface area contributed by atoms with E-state index in [9.17, 15) is 4.79 Å². The summed E-state index contributed by atoms with van der Waals surface area (Å²) >= 11 is 0. The van der Waals surface area contributed by atoms with Gasteiger partial charge in [0.15, 0.2) is 0 Å². The zero-order valence-electron chi connectivity index (χ0n) is 13.2. The van der Waals surface area contributed by atoms with E-state index in [2.05, 4.69) is 5.32 Å². The van der Waals surface area contributed by atoms with E-state index < -0.39 is 0 Å². The summed E-state index contributed by atoms with van der Waals surface area (Å²) in [4.78, 5) is 12.0. The molecule has 5 nitrogen and oxygen atoms in total. The molecule has 5 heteroatoms. The van der Waals surface area contributed by atoms with Crippen LogP contribution in [-0.4, -0.2) is 19.6 Å². The average molecular weight is 312 g/mol. The molecule has 0 fully saturated rings. The highest BCUT2D eigenvalue weighted by Gasteiger charge is 2.05. The van der Waals surface area contributed by atoms with Crippen LogP contribution in [0.1, 0.15) is 12.5 Å². The zero-order valence-corrected chi connectivity index (χ0v) is 13.2. The molecule has 0 aliphatic heterocycles. The number of amides is 1. The number of nitrogens with two attached hydrogens (primary N) is 1. The predicted molar refractivity (Wildman–Crippen MR) is 92.7 cm³/mol. The molecule has 0 radical (unpaired) electrons. The van der Waals surface area contributed by atoms with Crippen LogP contribution in [0.5, 0.6) is 11.5 Å². The van der Waals surface area contributed by atoms with Crippen molar-refractivity contribution in [2.75, 3.05) is 24.8 Å². The molecule has 0 saturated heterocycles. The molecular weight excluding hydrogens is 292 g/mol. The molecule has 0 bridgehead atoms. The number of para-hydroxylation sites is 2. The standard InChI is InChI=1S/C18H20N2O3/c1-3-23-17-7-5-4-6-15(17)20-18(21)11-9-13-8-10-16(22-2)14(19)12-13/h4-12H,3,19H2,1-2H3,(H,20,21)/b11-9+. The summed E-state index contributed by atoms with van der Waals surface area (Å²) in [7, 11) is 1.56. The van der Waals surface area contributed by atoms with Gasteiger partial charge in [-0.25, -0.2) is 0 Å². The van der Waals surface area contributed by atoms with Crippen molar-refractivity contribution >= 4 is 23.4 Å². The second kappa shape index (κ2) is 7.89. The Kier molecular flexibility index (Phi) is 5.63. The van der Waals surface area contributed by atoms with Gasteiger partial charge in [0.2, 0.25) is 5.91 Å². The Morgan fingerprint density at radius 3 is 2.70 bits per heavy atom. The molecule has 0 saturated carbocycles. The number of benzene rings is 2. The number of rotatable bonds is 6. The van der Waals surface area contributed by atoms with Crippen LogP contribution in [0.2, 0.25) is 0 Å². The highest BCUT2D eigenvalue weighted by molar-refractivity contribution is 6.02. The lowest BCUT2D eigenvalue weighted by Gasteiger charge is -2.09. The maximum atomic E-state index is 12.0. The van der Waals surface area contributed by atoms with Crippen LogP contribution in [0.15, 0.2) is 48.5 Å². The third-order valence-corrected chi connectivity index (χ3v) is 3.13. The number of carbonyl (C=O) groups excluding carboxylic acids is 1. The van der Waals surface area contributed by atoms with Gasteiger partial charge in [0, 0.05) is 6.08 Å². The Morgan fingerprint density at radius 1 is 1.22 bits per heavy atom. The number of nitrogen functional groups attached to an aromatic ring is 1. The molecular formula is C18H20N2O3. The van der Waals surface area contributed by atoms with E-state index in [0.717, 1.165) is 5.56 Å². The van der Waals surface area contributed by atoms with E-state index in [4.69, 9.17) is 15.2 Å². The minimum atomic E-state index is -0.244. The first-order chi connectivity index (χ1) is 11.1. The molecule has 0 aliphatic carbocycles. The second-order valence-electron chi connectivity index (χ2n) is 4.75. The number of anilines is 2. The number of nitrogens with one attached hydrogen (secondary N) is 1. The van der Waals surface area contributed by atoms with Gasteiger partial charge in [-0.1, -0.05) is 18.2 Å². The first kappa shape index (κ1) is 16.4. The third kappa shape index (κ3) is 4.51. The van der Waals surface area contributed by atoms with Crippen LogP contribution in [0.3, 0.4) is 0 Å². The van der Waals surface area contributed by atoms with Gasteiger partial charge < -0.3 is 20.5 Å². The summed E-state index contributed by atoms with van der Waals surface area (Å²) in [6.45, 7) is 2.43. The summed E-state index contributed by atoms with van der Waals surface area (Å²) in [6.07, 6.45) is 3.14. The van der Waals surface area contributed by atoms with Crippen molar-refractivity contribution in [1.29, 1.82) is 0 Å². The van der Waals surface area contributed by atoms with Crippen LogP contribution < -0.4 is 20.5 Å². The fourth-order valence-electron chi connectivity index (χ4n) is 2.05. The molecule has 2 aromatic rings. The number of hydrogen-bond donors (Lipinski definition) is 2. The average Bonchev–Trinajstić information content (AvgIpc) is 2.55.